The molecule has 4 heteroatoms. The van der Waals surface area contributed by atoms with Gasteiger partial charge in [-0.25, -0.2) is 0 Å². The molecule has 1 heterocycles. The molecule has 2 rings (SSSR count). The SMILES string of the molecule is CCOc1ccc(C(N)CN2CCCCCC2=O)cc1. The zero-order valence-electron chi connectivity index (χ0n) is 12.2. The third-order valence-electron chi connectivity index (χ3n) is 3.71. The number of carbonyl (C=O) groups excluding carboxylic acids is 1. The number of benzene rings is 1. The highest BCUT2D eigenvalue weighted by Gasteiger charge is 2.19. The van der Waals surface area contributed by atoms with Gasteiger partial charge in [-0.1, -0.05) is 18.6 Å². The van der Waals surface area contributed by atoms with E-state index in [1.165, 1.54) is 0 Å². The molecule has 1 aliphatic heterocycles. The molecule has 1 fully saturated rings. The maximum Gasteiger partial charge on any atom is 0.222 e. The number of nitrogens with zero attached hydrogens (tertiary/aromatic N) is 1. The standard InChI is InChI=1S/C16H24N2O2/c1-2-20-14-9-7-13(8-10-14)15(17)12-18-11-5-3-4-6-16(18)19/h7-10,15H,2-6,11-12,17H2,1H3. The fourth-order valence-electron chi connectivity index (χ4n) is 2.55. The van der Waals surface area contributed by atoms with Crippen LogP contribution in [0.15, 0.2) is 24.3 Å². The van der Waals surface area contributed by atoms with E-state index < -0.39 is 0 Å². The predicted octanol–water partition coefficient (Wildman–Crippen LogP) is 2.49. The Bertz CT molecular complexity index is 431. The zero-order valence-corrected chi connectivity index (χ0v) is 12.2. The van der Waals surface area contributed by atoms with E-state index in [0.29, 0.717) is 19.6 Å². The second-order valence-electron chi connectivity index (χ2n) is 5.26. The first-order valence-corrected chi connectivity index (χ1v) is 7.47. The lowest BCUT2D eigenvalue weighted by molar-refractivity contribution is -0.130. The molecule has 1 saturated heterocycles. The minimum Gasteiger partial charge on any atom is -0.494 e. The molecule has 0 aromatic heterocycles. The Morgan fingerprint density at radius 3 is 2.70 bits per heavy atom. The van der Waals surface area contributed by atoms with Crippen molar-refractivity contribution in [3.63, 3.8) is 0 Å². The van der Waals surface area contributed by atoms with Crippen molar-refractivity contribution in [2.75, 3.05) is 19.7 Å². The van der Waals surface area contributed by atoms with Crippen LogP contribution in [0.4, 0.5) is 0 Å². The van der Waals surface area contributed by atoms with E-state index in [0.717, 1.165) is 37.1 Å². The Morgan fingerprint density at radius 1 is 1.25 bits per heavy atom. The lowest BCUT2D eigenvalue weighted by atomic mass is 10.1. The largest absolute Gasteiger partial charge is 0.494 e. The molecule has 0 radical (unpaired) electrons. The number of nitrogens with two attached hydrogens (primary N) is 1. The van der Waals surface area contributed by atoms with Crippen LogP contribution in [-0.2, 0) is 4.79 Å². The van der Waals surface area contributed by atoms with Crippen molar-refractivity contribution < 1.29 is 9.53 Å². The highest BCUT2D eigenvalue weighted by atomic mass is 16.5. The quantitative estimate of drug-likeness (QED) is 0.899. The summed E-state index contributed by atoms with van der Waals surface area (Å²) in [6, 6.07) is 7.70. The van der Waals surface area contributed by atoms with Crippen LogP contribution < -0.4 is 10.5 Å². The van der Waals surface area contributed by atoms with Gasteiger partial charge < -0.3 is 15.4 Å². The van der Waals surface area contributed by atoms with Crippen molar-refractivity contribution in [2.45, 2.75) is 38.6 Å². The van der Waals surface area contributed by atoms with Gasteiger partial charge in [0.2, 0.25) is 5.91 Å². The summed E-state index contributed by atoms with van der Waals surface area (Å²) in [5.41, 5.74) is 7.28. The molecule has 20 heavy (non-hydrogen) atoms. The summed E-state index contributed by atoms with van der Waals surface area (Å²) >= 11 is 0. The second kappa shape index (κ2) is 7.29. The average Bonchev–Trinajstić information content (AvgIpc) is 2.65. The minimum atomic E-state index is -0.132. The van der Waals surface area contributed by atoms with Crippen LogP contribution in [0.3, 0.4) is 0 Å². The van der Waals surface area contributed by atoms with Crippen LogP contribution in [-0.4, -0.2) is 30.5 Å². The Hall–Kier alpha value is -1.55. The molecule has 1 aliphatic rings. The normalized spacial score (nSPS) is 17.7. The molecule has 0 bridgehead atoms. The van der Waals surface area contributed by atoms with Gasteiger partial charge >= 0.3 is 0 Å². The van der Waals surface area contributed by atoms with Gasteiger partial charge in [0.15, 0.2) is 0 Å². The van der Waals surface area contributed by atoms with Gasteiger partial charge in [-0.2, -0.15) is 0 Å². The van der Waals surface area contributed by atoms with E-state index in [1.54, 1.807) is 0 Å². The van der Waals surface area contributed by atoms with E-state index in [-0.39, 0.29) is 11.9 Å². The summed E-state index contributed by atoms with van der Waals surface area (Å²) in [4.78, 5) is 13.9. The van der Waals surface area contributed by atoms with Gasteiger partial charge in [-0.15, -0.1) is 0 Å². The van der Waals surface area contributed by atoms with Crippen molar-refractivity contribution in [1.29, 1.82) is 0 Å². The first-order valence-electron chi connectivity index (χ1n) is 7.47. The molecule has 0 saturated carbocycles. The predicted molar refractivity (Wildman–Crippen MR) is 79.6 cm³/mol. The number of hydrogen-bond acceptors (Lipinski definition) is 3. The Morgan fingerprint density at radius 2 is 2.00 bits per heavy atom. The van der Waals surface area contributed by atoms with Gasteiger partial charge in [0, 0.05) is 25.6 Å². The monoisotopic (exact) mass is 276 g/mol. The molecule has 1 atom stereocenters. The van der Waals surface area contributed by atoms with Gasteiger partial charge in [0.05, 0.1) is 6.61 Å². The summed E-state index contributed by atoms with van der Waals surface area (Å²) < 4.78 is 5.42. The van der Waals surface area contributed by atoms with Gasteiger partial charge in [-0.05, 0) is 37.5 Å². The third-order valence-corrected chi connectivity index (χ3v) is 3.71. The summed E-state index contributed by atoms with van der Waals surface area (Å²) in [5, 5.41) is 0. The minimum absolute atomic E-state index is 0.132. The Balaban J connectivity index is 1.96. The van der Waals surface area contributed by atoms with Crippen molar-refractivity contribution in [1.82, 2.24) is 4.90 Å². The van der Waals surface area contributed by atoms with Crippen LogP contribution in [0.1, 0.15) is 44.2 Å². The number of carbonyl (C=O) groups is 1. The molecular weight excluding hydrogens is 252 g/mol. The zero-order chi connectivity index (χ0) is 14.4. The van der Waals surface area contributed by atoms with Crippen LogP contribution >= 0.6 is 0 Å². The van der Waals surface area contributed by atoms with Crippen LogP contribution in [0.25, 0.3) is 0 Å². The molecule has 110 valence electrons. The summed E-state index contributed by atoms with van der Waals surface area (Å²) in [6.07, 6.45) is 3.89. The van der Waals surface area contributed by atoms with E-state index in [4.69, 9.17) is 10.5 Å². The Labute approximate surface area is 120 Å². The summed E-state index contributed by atoms with van der Waals surface area (Å²) in [5.74, 6) is 1.10. The molecule has 1 unspecified atom stereocenters. The lowest BCUT2D eigenvalue weighted by Gasteiger charge is -2.24. The fraction of sp³-hybridized carbons (Fsp3) is 0.562. The van der Waals surface area contributed by atoms with Gasteiger partial charge in [-0.3, -0.25) is 4.79 Å². The number of rotatable bonds is 5. The fourth-order valence-corrected chi connectivity index (χ4v) is 2.55. The number of likely N-dealkylation sites (tertiary alicyclic amines) is 1. The van der Waals surface area contributed by atoms with Gasteiger partial charge in [0.25, 0.3) is 0 Å². The number of ether oxygens (including phenoxy) is 1. The van der Waals surface area contributed by atoms with Gasteiger partial charge in [0.1, 0.15) is 5.75 Å². The van der Waals surface area contributed by atoms with Crippen molar-refractivity contribution in [3.05, 3.63) is 29.8 Å². The van der Waals surface area contributed by atoms with E-state index >= 15 is 0 Å². The van der Waals surface area contributed by atoms with Crippen LogP contribution in [0, 0.1) is 0 Å². The molecule has 1 aromatic rings. The highest BCUT2D eigenvalue weighted by Crippen LogP contribution is 2.19. The summed E-state index contributed by atoms with van der Waals surface area (Å²) in [6.45, 7) is 4.06. The Kier molecular flexibility index (Phi) is 5.41. The average molecular weight is 276 g/mol. The first-order chi connectivity index (χ1) is 9.70. The maximum atomic E-state index is 12.0. The molecule has 0 spiro atoms. The van der Waals surface area contributed by atoms with E-state index in [1.807, 2.05) is 36.1 Å². The molecule has 1 aromatic carbocycles. The van der Waals surface area contributed by atoms with Crippen molar-refractivity contribution in [3.8, 4) is 5.75 Å². The topological polar surface area (TPSA) is 55.6 Å². The maximum absolute atomic E-state index is 12.0. The summed E-state index contributed by atoms with van der Waals surface area (Å²) in [7, 11) is 0. The molecule has 0 aliphatic carbocycles. The molecule has 1 amide bonds. The number of amides is 1. The lowest BCUT2D eigenvalue weighted by Crippen LogP contribution is -2.36. The third kappa shape index (κ3) is 3.97. The molecular formula is C16H24N2O2. The van der Waals surface area contributed by atoms with E-state index in [2.05, 4.69) is 0 Å². The van der Waals surface area contributed by atoms with E-state index in [9.17, 15) is 4.79 Å². The molecule has 4 nitrogen and oxygen atoms in total. The first kappa shape index (κ1) is 14.9. The second-order valence-corrected chi connectivity index (χ2v) is 5.26. The van der Waals surface area contributed by atoms with Crippen molar-refractivity contribution in [2.24, 2.45) is 5.73 Å². The number of hydrogen-bond donors (Lipinski definition) is 1. The molecule has 2 N–H and O–H groups in total. The van der Waals surface area contributed by atoms with Crippen LogP contribution in [0.2, 0.25) is 0 Å². The smallest absolute Gasteiger partial charge is 0.222 e. The van der Waals surface area contributed by atoms with Crippen LogP contribution in [0.5, 0.6) is 5.75 Å². The van der Waals surface area contributed by atoms with Crippen molar-refractivity contribution >= 4 is 5.91 Å². The highest BCUT2D eigenvalue weighted by molar-refractivity contribution is 5.76.